The number of aliphatic imine (C=N–C) groups is 1. The highest BCUT2D eigenvalue weighted by Crippen LogP contribution is 2.26. The van der Waals surface area contributed by atoms with E-state index in [1.807, 2.05) is 6.07 Å². The zero-order chi connectivity index (χ0) is 20.6. The summed E-state index contributed by atoms with van der Waals surface area (Å²) >= 11 is 0. The maximum absolute atomic E-state index is 9.96. The second-order valence-electron chi connectivity index (χ2n) is 7.54. The van der Waals surface area contributed by atoms with Gasteiger partial charge in [-0.2, -0.15) is 0 Å². The molecule has 2 unspecified atom stereocenters. The molecule has 0 amide bonds. The van der Waals surface area contributed by atoms with E-state index in [-0.39, 0.29) is 29.7 Å². The number of halogens is 1. The molecule has 1 heterocycles. The van der Waals surface area contributed by atoms with E-state index in [4.69, 9.17) is 9.73 Å². The van der Waals surface area contributed by atoms with Gasteiger partial charge >= 0.3 is 0 Å². The van der Waals surface area contributed by atoms with Gasteiger partial charge in [0.2, 0.25) is 0 Å². The summed E-state index contributed by atoms with van der Waals surface area (Å²) in [5.74, 6) is 1.42. The quantitative estimate of drug-likeness (QED) is 0.293. The van der Waals surface area contributed by atoms with Gasteiger partial charge in [0.05, 0.1) is 13.7 Å². The smallest absolute Gasteiger partial charge is 0.191 e. The predicted molar refractivity (Wildman–Crippen MR) is 133 cm³/mol. The molecular weight excluding hydrogens is 491 g/mol. The summed E-state index contributed by atoms with van der Waals surface area (Å²) in [6, 6.07) is 16.9. The molecule has 0 saturated carbocycles. The Hall–Kier alpha value is -2.00. The summed E-state index contributed by atoms with van der Waals surface area (Å²) in [6.45, 7) is 7.60. The molecule has 1 fully saturated rings. The molecule has 6 nitrogen and oxygen atoms in total. The highest BCUT2D eigenvalue weighted by Gasteiger charge is 2.29. The van der Waals surface area contributed by atoms with Gasteiger partial charge in [0.15, 0.2) is 17.5 Å². The molecule has 2 aromatic rings. The minimum absolute atomic E-state index is 0. The normalized spacial score (nSPS) is 19.2. The van der Waals surface area contributed by atoms with Crippen molar-refractivity contribution in [2.24, 2.45) is 4.99 Å². The number of hydrogen-bond donors (Lipinski definition) is 3. The fourth-order valence-corrected chi connectivity index (χ4v) is 3.76. The molecule has 1 saturated heterocycles. The Morgan fingerprint density at radius 3 is 2.63 bits per heavy atom. The van der Waals surface area contributed by atoms with E-state index >= 15 is 0 Å². The van der Waals surface area contributed by atoms with Gasteiger partial charge in [-0.15, -0.1) is 24.0 Å². The van der Waals surface area contributed by atoms with Gasteiger partial charge in [-0.3, -0.25) is 4.90 Å². The van der Waals surface area contributed by atoms with Gasteiger partial charge in [-0.1, -0.05) is 36.4 Å². The second-order valence-corrected chi connectivity index (χ2v) is 7.54. The van der Waals surface area contributed by atoms with Crippen LogP contribution in [0.4, 0.5) is 0 Å². The van der Waals surface area contributed by atoms with Gasteiger partial charge in [-0.05, 0) is 43.5 Å². The SMILES string of the molecule is CCNC(=NCc1ccc(OC)c(O)c1)NC1CC(C)N(Cc2ccccc2)C1.I. The van der Waals surface area contributed by atoms with Crippen LogP contribution >= 0.6 is 24.0 Å². The number of benzene rings is 2. The molecule has 2 atom stereocenters. The molecule has 7 heteroatoms. The molecular formula is C23H33IN4O2. The van der Waals surface area contributed by atoms with Crippen molar-refractivity contribution in [2.75, 3.05) is 20.2 Å². The van der Waals surface area contributed by atoms with Gasteiger partial charge in [0, 0.05) is 31.7 Å². The Labute approximate surface area is 196 Å². The Morgan fingerprint density at radius 1 is 1.20 bits per heavy atom. The van der Waals surface area contributed by atoms with E-state index in [1.54, 1.807) is 19.2 Å². The molecule has 30 heavy (non-hydrogen) atoms. The maximum Gasteiger partial charge on any atom is 0.191 e. The van der Waals surface area contributed by atoms with Crippen LogP contribution in [0.3, 0.4) is 0 Å². The van der Waals surface area contributed by atoms with Crippen LogP contribution in [0.1, 0.15) is 31.4 Å². The average molecular weight is 524 g/mol. The molecule has 1 aliphatic rings. The van der Waals surface area contributed by atoms with E-state index in [2.05, 4.69) is 59.7 Å². The van der Waals surface area contributed by atoms with Crippen molar-refractivity contribution < 1.29 is 9.84 Å². The standard InChI is InChI=1S/C23H32N4O2.HI/c1-4-24-23(25-14-19-10-11-22(29-3)21(28)13-19)26-20-12-17(2)27(16-20)15-18-8-6-5-7-9-18;/h5-11,13,17,20,28H,4,12,14-16H2,1-3H3,(H2,24,25,26);1H. The number of aromatic hydroxyl groups is 1. The first-order valence-electron chi connectivity index (χ1n) is 10.3. The van der Waals surface area contributed by atoms with Crippen LogP contribution in [-0.4, -0.2) is 48.2 Å². The molecule has 0 radical (unpaired) electrons. The Kier molecular flexibility index (Phi) is 9.71. The monoisotopic (exact) mass is 524 g/mol. The molecule has 0 bridgehead atoms. The third-order valence-corrected chi connectivity index (χ3v) is 5.28. The van der Waals surface area contributed by atoms with Crippen molar-refractivity contribution in [3.05, 3.63) is 59.7 Å². The summed E-state index contributed by atoms with van der Waals surface area (Å²) in [5.41, 5.74) is 2.28. The number of nitrogens with zero attached hydrogens (tertiary/aromatic N) is 2. The second kappa shape index (κ2) is 12.0. The number of nitrogens with one attached hydrogen (secondary N) is 2. The number of phenols is 1. The Morgan fingerprint density at radius 2 is 1.97 bits per heavy atom. The number of hydrogen-bond acceptors (Lipinski definition) is 4. The van der Waals surface area contributed by atoms with Crippen molar-refractivity contribution in [3.63, 3.8) is 0 Å². The maximum atomic E-state index is 9.96. The lowest BCUT2D eigenvalue weighted by molar-refractivity contribution is 0.258. The van der Waals surface area contributed by atoms with Crippen LogP contribution in [0.25, 0.3) is 0 Å². The summed E-state index contributed by atoms with van der Waals surface area (Å²) in [7, 11) is 1.55. The summed E-state index contributed by atoms with van der Waals surface area (Å²) in [6.07, 6.45) is 1.08. The number of ether oxygens (including phenoxy) is 1. The van der Waals surface area contributed by atoms with Gasteiger partial charge in [0.1, 0.15) is 0 Å². The number of rotatable bonds is 7. The molecule has 0 aliphatic carbocycles. The van der Waals surface area contributed by atoms with Crippen LogP contribution < -0.4 is 15.4 Å². The zero-order valence-electron chi connectivity index (χ0n) is 18.0. The zero-order valence-corrected chi connectivity index (χ0v) is 20.3. The van der Waals surface area contributed by atoms with Crippen molar-refractivity contribution in [2.45, 2.75) is 45.4 Å². The first kappa shape index (κ1) is 24.3. The summed E-state index contributed by atoms with van der Waals surface area (Å²) in [4.78, 5) is 7.21. The van der Waals surface area contributed by atoms with Crippen molar-refractivity contribution in [1.82, 2.24) is 15.5 Å². The number of methoxy groups -OCH3 is 1. The summed E-state index contributed by atoms with van der Waals surface area (Å²) < 4.78 is 5.10. The highest BCUT2D eigenvalue weighted by molar-refractivity contribution is 14.0. The summed E-state index contributed by atoms with van der Waals surface area (Å²) in [5, 5.41) is 16.9. The molecule has 0 spiro atoms. The Balaban J connectivity index is 0.00000320. The molecule has 164 valence electrons. The van der Waals surface area contributed by atoms with Crippen molar-refractivity contribution in [1.29, 1.82) is 0 Å². The first-order chi connectivity index (χ1) is 14.1. The van der Waals surface area contributed by atoms with Crippen molar-refractivity contribution >= 4 is 29.9 Å². The number of likely N-dealkylation sites (tertiary alicyclic amines) is 1. The van der Waals surface area contributed by atoms with E-state index in [1.165, 1.54) is 5.56 Å². The van der Waals surface area contributed by atoms with Gasteiger partial charge < -0.3 is 20.5 Å². The number of phenolic OH excluding ortho intramolecular Hbond substituents is 1. The molecule has 0 aromatic heterocycles. The third-order valence-electron chi connectivity index (χ3n) is 5.28. The van der Waals surface area contributed by atoms with E-state index in [0.29, 0.717) is 24.4 Å². The van der Waals surface area contributed by atoms with Gasteiger partial charge in [0.25, 0.3) is 0 Å². The lowest BCUT2D eigenvalue weighted by atomic mass is 10.2. The van der Waals surface area contributed by atoms with Gasteiger partial charge in [-0.25, -0.2) is 4.99 Å². The van der Waals surface area contributed by atoms with E-state index < -0.39 is 0 Å². The lowest BCUT2D eigenvalue weighted by Gasteiger charge is -2.21. The van der Waals surface area contributed by atoms with Crippen LogP contribution in [0, 0.1) is 0 Å². The van der Waals surface area contributed by atoms with Crippen LogP contribution in [0.15, 0.2) is 53.5 Å². The fourth-order valence-electron chi connectivity index (χ4n) is 3.76. The molecule has 3 N–H and O–H groups in total. The van der Waals surface area contributed by atoms with Crippen LogP contribution in [0.5, 0.6) is 11.5 Å². The molecule has 2 aromatic carbocycles. The predicted octanol–water partition coefficient (Wildman–Crippen LogP) is 3.74. The minimum atomic E-state index is 0. The van der Waals surface area contributed by atoms with E-state index in [0.717, 1.165) is 37.6 Å². The lowest BCUT2D eigenvalue weighted by Crippen LogP contribution is -2.44. The van der Waals surface area contributed by atoms with Crippen LogP contribution in [0.2, 0.25) is 0 Å². The topological polar surface area (TPSA) is 69.1 Å². The average Bonchev–Trinajstić information content (AvgIpc) is 3.06. The highest BCUT2D eigenvalue weighted by atomic mass is 127. The first-order valence-corrected chi connectivity index (χ1v) is 10.3. The van der Waals surface area contributed by atoms with Crippen LogP contribution in [-0.2, 0) is 13.1 Å². The largest absolute Gasteiger partial charge is 0.504 e. The van der Waals surface area contributed by atoms with E-state index in [9.17, 15) is 5.11 Å². The minimum Gasteiger partial charge on any atom is -0.504 e. The molecule has 1 aliphatic heterocycles. The number of guanidine groups is 1. The molecule has 3 rings (SSSR count). The van der Waals surface area contributed by atoms with Crippen molar-refractivity contribution in [3.8, 4) is 11.5 Å². The Bertz CT molecular complexity index is 816. The third kappa shape index (κ3) is 6.77. The fraction of sp³-hybridized carbons (Fsp3) is 0.435.